The normalized spacial score (nSPS) is 8.29. The zero-order chi connectivity index (χ0) is 12.7. The van der Waals surface area contributed by atoms with Gasteiger partial charge in [-0.2, -0.15) is 0 Å². The van der Waals surface area contributed by atoms with Crippen LogP contribution < -0.4 is 0 Å². The van der Waals surface area contributed by atoms with Crippen LogP contribution >= 0.6 is 0 Å². The van der Waals surface area contributed by atoms with Gasteiger partial charge in [0.2, 0.25) is 0 Å². The second-order valence-electron chi connectivity index (χ2n) is 4.67. The molecule has 0 saturated carbocycles. The second kappa shape index (κ2) is 15.9. The molecule has 1 aromatic carbocycles. The molecule has 1 aromatic heterocycles. The third-order valence-corrected chi connectivity index (χ3v) is 2.59. The summed E-state index contributed by atoms with van der Waals surface area (Å²) < 4.78 is 2.06. The van der Waals surface area contributed by atoms with Crippen molar-refractivity contribution in [1.82, 2.24) is 9.55 Å². The van der Waals surface area contributed by atoms with Crippen LogP contribution in [0.15, 0.2) is 49.1 Å². The maximum atomic E-state index is 3.91. The minimum Gasteiger partial charge on any atom is -0.335 e. The quantitative estimate of drug-likeness (QED) is 0.620. The van der Waals surface area contributed by atoms with E-state index in [2.05, 4.69) is 61.5 Å². The Kier molecular flexibility index (Phi) is 21.7. The molecule has 0 saturated heterocycles. The molecular formula is C18H34N2Y. The summed E-state index contributed by atoms with van der Waals surface area (Å²) in [5, 5.41) is 0. The van der Waals surface area contributed by atoms with Gasteiger partial charge in [-0.15, -0.1) is 0 Å². The summed E-state index contributed by atoms with van der Waals surface area (Å²) in [6.45, 7) is 8.66. The van der Waals surface area contributed by atoms with Gasteiger partial charge < -0.3 is 4.57 Å². The average molecular weight is 367 g/mol. The monoisotopic (exact) mass is 367 g/mol. The van der Waals surface area contributed by atoms with E-state index in [1.54, 1.807) is 6.20 Å². The van der Waals surface area contributed by atoms with Gasteiger partial charge in [0.15, 0.2) is 0 Å². The van der Waals surface area contributed by atoms with Crippen LogP contribution in [0.1, 0.15) is 67.5 Å². The summed E-state index contributed by atoms with van der Waals surface area (Å²) in [7, 11) is 0. The SMILES string of the molecule is C.C.C.CC(C)c1ccccc1.CC(C)n1ccnc1.[Y]. The average Bonchev–Trinajstić information content (AvgIpc) is 2.84. The molecule has 0 unspecified atom stereocenters. The molecule has 0 bridgehead atoms. The molecule has 0 N–H and O–H groups in total. The Morgan fingerprint density at radius 1 is 0.905 bits per heavy atom. The molecule has 119 valence electrons. The van der Waals surface area contributed by atoms with E-state index >= 15 is 0 Å². The van der Waals surface area contributed by atoms with E-state index in [0.29, 0.717) is 12.0 Å². The van der Waals surface area contributed by atoms with E-state index in [1.165, 1.54) is 5.56 Å². The van der Waals surface area contributed by atoms with Crippen LogP contribution in [0.4, 0.5) is 0 Å². The van der Waals surface area contributed by atoms with Gasteiger partial charge in [-0.25, -0.2) is 4.98 Å². The summed E-state index contributed by atoms with van der Waals surface area (Å²) in [5.74, 6) is 0.659. The molecule has 2 rings (SSSR count). The van der Waals surface area contributed by atoms with Crippen molar-refractivity contribution >= 4 is 0 Å². The van der Waals surface area contributed by atoms with Crippen LogP contribution in [0, 0.1) is 0 Å². The molecule has 21 heavy (non-hydrogen) atoms. The van der Waals surface area contributed by atoms with Gasteiger partial charge in [-0.1, -0.05) is 66.5 Å². The minimum absolute atomic E-state index is 0. The molecule has 0 aliphatic carbocycles. The van der Waals surface area contributed by atoms with Gasteiger partial charge in [0.25, 0.3) is 0 Å². The molecule has 0 fully saturated rings. The molecule has 3 heteroatoms. The van der Waals surface area contributed by atoms with Crippen molar-refractivity contribution in [1.29, 1.82) is 0 Å². The van der Waals surface area contributed by atoms with Gasteiger partial charge in [-0.05, 0) is 25.3 Å². The van der Waals surface area contributed by atoms with Crippen LogP contribution in [-0.2, 0) is 32.7 Å². The number of hydrogen-bond donors (Lipinski definition) is 0. The van der Waals surface area contributed by atoms with Crippen molar-refractivity contribution in [3.05, 3.63) is 54.6 Å². The molecule has 0 spiro atoms. The molecule has 0 amide bonds. The second-order valence-corrected chi connectivity index (χ2v) is 4.67. The molecular weight excluding hydrogens is 333 g/mol. The van der Waals surface area contributed by atoms with E-state index in [0.717, 1.165) is 0 Å². The Labute approximate surface area is 158 Å². The number of benzene rings is 1. The van der Waals surface area contributed by atoms with E-state index in [1.807, 2.05) is 18.6 Å². The zero-order valence-electron chi connectivity index (χ0n) is 11.7. The Balaban J connectivity index is -0.000000116. The number of aromatic nitrogens is 2. The maximum Gasteiger partial charge on any atom is 0.0948 e. The summed E-state index contributed by atoms with van der Waals surface area (Å²) in [5.41, 5.74) is 1.41. The Bertz CT molecular complexity index is 394. The fraction of sp³-hybridized carbons (Fsp3) is 0.500. The largest absolute Gasteiger partial charge is 0.335 e. The van der Waals surface area contributed by atoms with E-state index in [-0.39, 0.29) is 55.0 Å². The summed E-state index contributed by atoms with van der Waals surface area (Å²) in [6, 6.07) is 11.1. The maximum absolute atomic E-state index is 3.91. The van der Waals surface area contributed by atoms with Crippen LogP contribution in [0.25, 0.3) is 0 Å². The summed E-state index contributed by atoms with van der Waals surface area (Å²) >= 11 is 0. The van der Waals surface area contributed by atoms with Gasteiger partial charge >= 0.3 is 0 Å². The minimum atomic E-state index is 0. The first-order valence-electron chi connectivity index (χ1n) is 6.13. The first-order valence-corrected chi connectivity index (χ1v) is 6.13. The fourth-order valence-corrected chi connectivity index (χ4v) is 1.41. The van der Waals surface area contributed by atoms with Gasteiger partial charge in [-0.3, -0.25) is 0 Å². The van der Waals surface area contributed by atoms with Gasteiger partial charge in [0.1, 0.15) is 0 Å². The van der Waals surface area contributed by atoms with Crippen LogP contribution in [0.3, 0.4) is 0 Å². The van der Waals surface area contributed by atoms with Gasteiger partial charge in [0, 0.05) is 51.1 Å². The van der Waals surface area contributed by atoms with Gasteiger partial charge in [0.05, 0.1) is 6.33 Å². The molecule has 1 radical (unpaired) electrons. The van der Waals surface area contributed by atoms with Crippen molar-refractivity contribution in [3.8, 4) is 0 Å². The van der Waals surface area contributed by atoms with Crippen molar-refractivity contribution in [2.75, 3.05) is 0 Å². The molecule has 0 atom stereocenters. The third-order valence-electron chi connectivity index (χ3n) is 2.59. The third kappa shape index (κ3) is 11.8. The Hall–Kier alpha value is -0.466. The van der Waals surface area contributed by atoms with E-state index in [4.69, 9.17) is 0 Å². The van der Waals surface area contributed by atoms with E-state index < -0.39 is 0 Å². The summed E-state index contributed by atoms with van der Waals surface area (Å²) in [6.07, 6.45) is 5.58. The smallest absolute Gasteiger partial charge is 0.0948 e. The standard InChI is InChI=1S/C9H12.C6H10N2.3CH4.Y/c1-8(2)9-6-4-3-5-7-9;1-6(2)8-4-3-7-5-8;;;;/h3-8H,1-2H3;3-6H,1-2H3;3*1H4;. The van der Waals surface area contributed by atoms with Crippen molar-refractivity contribution < 1.29 is 32.7 Å². The van der Waals surface area contributed by atoms with Crippen molar-refractivity contribution in [2.24, 2.45) is 0 Å². The number of rotatable bonds is 2. The Morgan fingerprint density at radius 2 is 1.43 bits per heavy atom. The molecule has 0 aliphatic heterocycles. The van der Waals surface area contributed by atoms with Crippen molar-refractivity contribution in [2.45, 2.75) is 61.9 Å². The molecule has 2 aromatic rings. The van der Waals surface area contributed by atoms with Crippen LogP contribution in [0.5, 0.6) is 0 Å². The predicted molar refractivity (Wildman–Crippen MR) is 93.3 cm³/mol. The zero-order valence-corrected chi connectivity index (χ0v) is 14.6. The molecule has 2 nitrogen and oxygen atoms in total. The van der Waals surface area contributed by atoms with Crippen molar-refractivity contribution in [3.63, 3.8) is 0 Å². The first-order chi connectivity index (χ1) is 8.11. The summed E-state index contributed by atoms with van der Waals surface area (Å²) in [4.78, 5) is 3.91. The van der Waals surface area contributed by atoms with Crippen LogP contribution in [-0.4, -0.2) is 9.55 Å². The van der Waals surface area contributed by atoms with Crippen LogP contribution in [0.2, 0.25) is 0 Å². The molecule has 0 aliphatic rings. The topological polar surface area (TPSA) is 17.8 Å². The van der Waals surface area contributed by atoms with E-state index in [9.17, 15) is 0 Å². The first kappa shape index (κ1) is 28.7. The Morgan fingerprint density at radius 3 is 1.67 bits per heavy atom. The predicted octanol–water partition coefficient (Wildman–Crippen LogP) is 6.18. The number of imidazole rings is 1. The number of hydrogen-bond acceptors (Lipinski definition) is 1. The fourth-order valence-electron chi connectivity index (χ4n) is 1.41. The number of nitrogens with zero attached hydrogens (tertiary/aromatic N) is 2. The molecule has 1 heterocycles.